The molecule has 2 aromatic rings. The molecule has 0 bridgehead atoms. The molecule has 3 N–H and O–H groups in total. The van der Waals surface area contributed by atoms with Gasteiger partial charge in [-0.3, -0.25) is 19.3 Å². The van der Waals surface area contributed by atoms with Crippen molar-refractivity contribution in [1.82, 2.24) is 4.90 Å². The summed E-state index contributed by atoms with van der Waals surface area (Å²) in [5.74, 6) is -1.48. The van der Waals surface area contributed by atoms with Crippen LogP contribution in [0.4, 0.5) is 5.69 Å². The van der Waals surface area contributed by atoms with Crippen LogP contribution < -0.4 is 5.32 Å². The van der Waals surface area contributed by atoms with Crippen LogP contribution in [0.5, 0.6) is 0 Å². The van der Waals surface area contributed by atoms with Crippen LogP contribution in [0.15, 0.2) is 48.5 Å². The molecule has 2 aliphatic rings. The van der Waals surface area contributed by atoms with E-state index < -0.39 is 17.9 Å². The molecule has 0 aromatic heterocycles. The third kappa shape index (κ3) is 9.09. The van der Waals surface area contributed by atoms with Crippen LogP contribution in [-0.2, 0) is 35.2 Å². The Morgan fingerprint density at radius 3 is 2.47 bits per heavy atom. The molecule has 0 saturated carbocycles. The normalized spacial score (nSPS) is 24.4. The van der Waals surface area contributed by atoms with Gasteiger partial charge in [-0.05, 0) is 69.8 Å². The number of benzene rings is 2. The fraction of sp³-hybridized carbons (Fsp3) is 0.545. The van der Waals surface area contributed by atoms with Crippen LogP contribution in [-0.4, -0.2) is 63.8 Å². The summed E-state index contributed by atoms with van der Waals surface area (Å²) < 4.78 is 18.9. The summed E-state index contributed by atoms with van der Waals surface area (Å²) in [7, 11) is 0. The number of anilines is 1. The topological polar surface area (TPSA) is 135 Å². The lowest BCUT2D eigenvalue weighted by atomic mass is 9.90. The van der Waals surface area contributed by atoms with Crippen LogP contribution in [0, 0.1) is 5.92 Å². The van der Waals surface area contributed by atoms with Crippen LogP contribution in [0.2, 0.25) is 0 Å². The number of ether oxygens (including phenoxy) is 3. The SMILES string of the molecule is C[C@H]1[C@@H](CN2CCC[C@H]2C(=O)OC(C)(C)C)O[C@@H](c2cccc(NC(=O)CCCC(=O)O)c2)O[C@H]1c1ccc(CO)cc1. The zero-order chi connectivity index (χ0) is 31.1. The maximum Gasteiger partial charge on any atom is 0.323 e. The first kappa shape index (κ1) is 32.6. The number of carbonyl (C=O) groups is 3. The van der Waals surface area contributed by atoms with Crippen molar-refractivity contribution in [1.29, 1.82) is 0 Å². The second-order valence-corrected chi connectivity index (χ2v) is 12.4. The van der Waals surface area contributed by atoms with E-state index in [0.717, 1.165) is 36.1 Å². The highest BCUT2D eigenvalue weighted by atomic mass is 16.7. The van der Waals surface area contributed by atoms with Crippen molar-refractivity contribution in [2.24, 2.45) is 5.92 Å². The van der Waals surface area contributed by atoms with Gasteiger partial charge in [-0.1, -0.05) is 43.3 Å². The van der Waals surface area contributed by atoms with Gasteiger partial charge >= 0.3 is 11.9 Å². The largest absolute Gasteiger partial charge is 0.481 e. The van der Waals surface area contributed by atoms with E-state index in [9.17, 15) is 19.5 Å². The van der Waals surface area contributed by atoms with Gasteiger partial charge in [-0.25, -0.2) is 0 Å². The second-order valence-electron chi connectivity index (χ2n) is 12.4. The van der Waals surface area contributed by atoms with Gasteiger partial charge in [0.15, 0.2) is 6.29 Å². The number of rotatable bonds is 11. The minimum absolute atomic E-state index is 0.0500. The first-order chi connectivity index (χ1) is 20.4. The summed E-state index contributed by atoms with van der Waals surface area (Å²) in [6.45, 7) is 8.94. The number of nitrogens with one attached hydrogen (secondary N) is 1. The summed E-state index contributed by atoms with van der Waals surface area (Å²) in [5.41, 5.74) is 2.48. The highest BCUT2D eigenvalue weighted by molar-refractivity contribution is 5.91. The van der Waals surface area contributed by atoms with Gasteiger partial charge < -0.3 is 29.7 Å². The van der Waals surface area contributed by atoms with Crippen molar-refractivity contribution < 1.29 is 38.8 Å². The van der Waals surface area contributed by atoms with Gasteiger partial charge in [0.2, 0.25) is 5.91 Å². The summed E-state index contributed by atoms with van der Waals surface area (Å²) >= 11 is 0. The van der Waals surface area contributed by atoms with Gasteiger partial charge in [-0.2, -0.15) is 0 Å². The van der Waals surface area contributed by atoms with Crippen molar-refractivity contribution in [3.8, 4) is 0 Å². The van der Waals surface area contributed by atoms with E-state index in [-0.39, 0.29) is 61.9 Å². The molecule has 43 heavy (non-hydrogen) atoms. The number of carboxylic acids is 1. The number of carbonyl (C=O) groups excluding carboxylic acids is 2. The molecule has 2 heterocycles. The number of hydrogen-bond acceptors (Lipinski definition) is 8. The quantitative estimate of drug-likeness (QED) is 0.307. The zero-order valence-corrected chi connectivity index (χ0v) is 25.5. The average molecular weight is 597 g/mol. The van der Waals surface area contributed by atoms with Gasteiger partial charge in [0.05, 0.1) is 18.8 Å². The standard InChI is InChI=1S/C33H44N2O8/c1-21-27(19-35-17-7-10-26(35)31(40)43-33(2,3)4)41-32(42-30(21)23-15-13-22(20-36)14-16-23)24-8-5-9-25(18-24)34-28(37)11-6-12-29(38)39/h5,8-9,13-16,18,21,26-27,30,32,36H,6-7,10-12,17,19-20H2,1-4H3,(H,34,37)(H,38,39)/t21-,26-,27+,30+,32+/m0/s1. The smallest absolute Gasteiger partial charge is 0.323 e. The Hall–Kier alpha value is -3.31. The van der Waals surface area contributed by atoms with Crippen molar-refractivity contribution in [3.63, 3.8) is 0 Å². The minimum Gasteiger partial charge on any atom is -0.481 e. The van der Waals surface area contributed by atoms with Crippen LogP contribution >= 0.6 is 0 Å². The Kier molecular flexibility index (Phi) is 10.9. The highest BCUT2D eigenvalue weighted by Gasteiger charge is 2.42. The number of nitrogens with zero attached hydrogens (tertiary/aromatic N) is 1. The molecular weight excluding hydrogens is 552 g/mol. The molecule has 2 aromatic carbocycles. The molecule has 5 atom stereocenters. The molecule has 10 nitrogen and oxygen atoms in total. The average Bonchev–Trinajstić information content (AvgIpc) is 3.42. The van der Waals surface area contributed by atoms with Gasteiger partial charge in [0, 0.05) is 36.6 Å². The summed E-state index contributed by atoms with van der Waals surface area (Å²) in [4.78, 5) is 38.4. The molecule has 2 fully saturated rings. The highest BCUT2D eigenvalue weighted by Crippen LogP contribution is 2.42. The van der Waals surface area contributed by atoms with E-state index in [2.05, 4.69) is 17.1 Å². The zero-order valence-electron chi connectivity index (χ0n) is 25.5. The molecular formula is C33H44N2O8. The molecule has 2 saturated heterocycles. The lowest BCUT2D eigenvalue weighted by molar-refractivity contribution is -0.276. The third-order valence-electron chi connectivity index (χ3n) is 7.82. The Balaban J connectivity index is 1.55. The summed E-state index contributed by atoms with van der Waals surface area (Å²) in [5, 5.41) is 21.2. The molecule has 2 aliphatic heterocycles. The van der Waals surface area contributed by atoms with Crippen molar-refractivity contribution in [3.05, 3.63) is 65.2 Å². The van der Waals surface area contributed by atoms with Crippen LogP contribution in [0.25, 0.3) is 0 Å². The van der Waals surface area contributed by atoms with E-state index in [1.807, 2.05) is 57.2 Å². The fourth-order valence-electron chi connectivity index (χ4n) is 5.63. The second kappa shape index (κ2) is 14.4. The molecule has 0 unspecified atom stereocenters. The first-order valence-electron chi connectivity index (χ1n) is 15.0. The Morgan fingerprint density at radius 2 is 1.79 bits per heavy atom. The number of hydrogen-bond donors (Lipinski definition) is 3. The number of esters is 1. The lowest BCUT2D eigenvalue weighted by Gasteiger charge is -2.43. The molecule has 0 aliphatic carbocycles. The molecule has 4 rings (SSSR count). The molecule has 0 spiro atoms. The predicted molar refractivity (Wildman–Crippen MR) is 160 cm³/mol. The summed E-state index contributed by atoms with van der Waals surface area (Å²) in [6.07, 6.45) is 0.576. The Morgan fingerprint density at radius 1 is 1.05 bits per heavy atom. The van der Waals surface area contributed by atoms with E-state index >= 15 is 0 Å². The Labute approximate surface area is 253 Å². The van der Waals surface area contributed by atoms with Crippen molar-refractivity contribution in [2.75, 3.05) is 18.4 Å². The maximum absolute atomic E-state index is 13.0. The van der Waals surface area contributed by atoms with Crippen LogP contribution in [0.3, 0.4) is 0 Å². The fourth-order valence-corrected chi connectivity index (χ4v) is 5.63. The number of aliphatic hydroxyl groups excluding tert-OH is 1. The molecule has 234 valence electrons. The van der Waals surface area contributed by atoms with Crippen molar-refractivity contribution >= 4 is 23.5 Å². The maximum atomic E-state index is 13.0. The van der Waals surface area contributed by atoms with Crippen LogP contribution in [0.1, 0.15) is 88.9 Å². The molecule has 1 amide bonds. The van der Waals surface area contributed by atoms with Gasteiger partial charge in [0.1, 0.15) is 11.6 Å². The number of aliphatic carboxylic acids is 1. The van der Waals surface area contributed by atoms with E-state index in [4.69, 9.17) is 19.3 Å². The molecule has 10 heteroatoms. The first-order valence-corrected chi connectivity index (χ1v) is 15.0. The minimum atomic E-state index is -0.933. The number of carboxylic acid groups (broad SMARTS) is 1. The lowest BCUT2D eigenvalue weighted by Crippen LogP contribution is -2.48. The predicted octanol–water partition coefficient (Wildman–Crippen LogP) is 4.97. The van der Waals surface area contributed by atoms with E-state index in [1.165, 1.54) is 0 Å². The van der Waals surface area contributed by atoms with Gasteiger partial charge in [0.25, 0.3) is 0 Å². The van der Waals surface area contributed by atoms with E-state index in [0.29, 0.717) is 12.2 Å². The number of likely N-dealkylation sites (tertiary alicyclic amines) is 1. The third-order valence-corrected chi connectivity index (χ3v) is 7.82. The summed E-state index contributed by atoms with van der Waals surface area (Å²) in [6, 6.07) is 14.6. The monoisotopic (exact) mass is 596 g/mol. The van der Waals surface area contributed by atoms with Crippen molar-refractivity contribution in [2.45, 2.75) is 96.5 Å². The Bertz CT molecular complexity index is 1260. The number of aliphatic hydroxyl groups is 1. The van der Waals surface area contributed by atoms with E-state index in [1.54, 1.807) is 12.1 Å². The molecule has 0 radical (unpaired) electrons. The number of amides is 1. The van der Waals surface area contributed by atoms with Gasteiger partial charge in [-0.15, -0.1) is 0 Å².